The van der Waals surface area contributed by atoms with Gasteiger partial charge in [-0.25, -0.2) is 9.37 Å². The highest BCUT2D eigenvalue weighted by Crippen LogP contribution is 2.45. The number of aliphatic hydroxyl groups excluding tert-OH is 1. The lowest BCUT2D eigenvalue weighted by Crippen LogP contribution is -2.29. The molecule has 1 N–H and O–H groups in total. The third-order valence-electron chi connectivity index (χ3n) is 7.35. The fourth-order valence-corrected chi connectivity index (χ4v) is 6.39. The van der Waals surface area contributed by atoms with E-state index in [0.717, 1.165) is 41.9 Å². The molecule has 0 spiro atoms. The minimum atomic E-state index is -0.969. The molecule has 3 heterocycles. The van der Waals surface area contributed by atoms with Crippen LogP contribution in [0.3, 0.4) is 0 Å². The lowest BCUT2D eigenvalue weighted by Gasteiger charge is -2.23. The third-order valence-corrected chi connectivity index (χ3v) is 8.37. The fourth-order valence-electron chi connectivity index (χ4n) is 5.38. The first-order chi connectivity index (χ1) is 19.8. The fraction of sp³-hybridized carbons (Fsp3) is 0.281. The second-order valence-corrected chi connectivity index (χ2v) is 11.4. The molecule has 3 aromatic carbocycles. The monoisotopic (exact) mass is 572 g/mol. The van der Waals surface area contributed by atoms with Gasteiger partial charge in [-0.05, 0) is 73.0 Å². The van der Waals surface area contributed by atoms with Crippen molar-refractivity contribution in [2.45, 2.75) is 51.7 Å². The van der Waals surface area contributed by atoms with Gasteiger partial charge in [0.2, 0.25) is 0 Å². The predicted octanol–water partition coefficient (Wildman–Crippen LogP) is 6.95. The number of amides is 1. The summed E-state index contributed by atoms with van der Waals surface area (Å²) in [5.41, 5.74) is 2.39. The summed E-state index contributed by atoms with van der Waals surface area (Å²) >= 11 is 1.11. The van der Waals surface area contributed by atoms with Crippen LogP contribution in [0, 0.1) is 5.82 Å². The lowest BCUT2D eigenvalue weighted by molar-refractivity contribution is -0.132. The van der Waals surface area contributed by atoms with Crippen molar-refractivity contribution in [3.05, 3.63) is 88.7 Å². The van der Waals surface area contributed by atoms with Crippen molar-refractivity contribution in [2.75, 3.05) is 11.5 Å². The van der Waals surface area contributed by atoms with Crippen LogP contribution in [-0.2, 0) is 16.0 Å². The zero-order valence-corrected chi connectivity index (χ0v) is 23.5. The molecule has 210 valence electrons. The molecule has 0 radical (unpaired) electrons. The molecule has 9 heteroatoms. The van der Waals surface area contributed by atoms with E-state index in [1.54, 1.807) is 36.4 Å². The molecule has 7 nitrogen and oxygen atoms in total. The van der Waals surface area contributed by atoms with Gasteiger partial charge in [0.15, 0.2) is 5.13 Å². The molecule has 2 aliphatic heterocycles. The number of carbonyl (C=O) groups excluding carboxylic acids is 2. The van der Waals surface area contributed by atoms with Crippen molar-refractivity contribution in [1.29, 1.82) is 0 Å². The number of anilines is 1. The maximum Gasteiger partial charge on any atom is 0.301 e. The number of hydrogen-bond donors (Lipinski definition) is 1. The average molecular weight is 573 g/mol. The van der Waals surface area contributed by atoms with Gasteiger partial charge in [0.05, 0.1) is 28.4 Å². The highest BCUT2D eigenvalue weighted by atomic mass is 32.1. The summed E-state index contributed by atoms with van der Waals surface area (Å²) in [6.45, 7) is 4.62. The molecule has 1 aromatic heterocycles. The second kappa shape index (κ2) is 11.0. The molecule has 2 atom stereocenters. The molecule has 1 fully saturated rings. The maximum absolute atomic E-state index is 14.0. The number of ether oxygens (including phenoxy) is 2. The van der Waals surface area contributed by atoms with Gasteiger partial charge in [-0.2, -0.15) is 0 Å². The van der Waals surface area contributed by atoms with Crippen LogP contribution < -0.4 is 14.4 Å². The summed E-state index contributed by atoms with van der Waals surface area (Å²) in [5, 5.41) is 11.8. The molecule has 4 aromatic rings. The molecule has 1 saturated heterocycles. The normalized spacial score (nSPS) is 19.5. The Morgan fingerprint density at radius 3 is 2.83 bits per heavy atom. The second-order valence-electron chi connectivity index (χ2n) is 10.4. The van der Waals surface area contributed by atoms with Gasteiger partial charge in [0, 0.05) is 12.0 Å². The molecule has 1 amide bonds. The Morgan fingerprint density at radius 2 is 2.00 bits per heavy atom. The van der Waals surface area contributed by atoms with E-state index in [4.69, 9.17) is 9.47 Å². The van der Waals surface area contributed by atoms with Crippen LogP contribution in [0.4, 0.5) is 9.52 Å². The minimum Gasteiger partial charge on any atom is -0.507 e. The molecule has 6 rings (SSSR count). The van der Waals surface area contributed by atoms with Gasteiger partial charge >= 0.3 is 5.91 Å². The van der Waals surface area contributed by atoms with Crippen LogP contribution in [0.25, 0.3) is 16.0 Å². The predicted molar refractivity (Wildman–Crippen MR) is 156 cm³/mol. The van der Waals surface area contributed by atoms with Crippen molar-refractivity contribution >= 4 is 44.1 Å². The summed E-state index contributed by atoms with van der Waals surface area (Å²) < 4.78 is 26.3. The van der Waals surface area contributed by atoms with Crippen molar-refractivity contribution in [3.8, 4) is 11.5 Å². The molecule has 2 aliphatic rings. The number of hydrogen-bond acceptors (Lipinski definition) is 7. The number of aliphatic hydroxyl groups is 1. The molecular formula is C32H29FN2O5S. The zero-order chi connectivity index (χ0) is 28.7. The number of halogens is 1. The molecule has 41 heavy (non-hydrogen) atoms. The van der Waals surface area contributed by atoms with E-state index >= 15 is 0 Å². The number of carbonyl (C=O) groups is 2. The Hall–Kier alpha value is -4.24. The first-order valence-corrected chi connectivity index (χ1v) is 14.6. The largest absolute Gasteiger partial charge is 0.507 e. The van der Waals surface area contributed by atoms with Gasteiger partial charge in [0.25, 0.3) is 5.78 Å². The van der Waals surface area contributed by atoms with Gasteiger partial charge in [-0.15, -0.1) is 0 Å². The Kier molecular flexibility index (Phi) is 7.21. The first kappa shape index (κ1) is 27.0. The SMILES string of the molecule is CCCCCOc1cccc(C2/C(=C(/O)c3ccc4c(c3)CC(C)O4)C(=O)C(=O)N2c2nc3ccc(F)cc3s2)c1. The van der Waals surface area contributed by atoms with E-state index in [0.29, 0.717) is 40.1 Å². The van der Waals surface area contributed by atoms with Crippen LogP contribution in [-0.4, -0.2) is 34.5 Å². The number of Topliss-reactive ketones (excluding diaryl/α,β-unsaturated/α-hetero) is 1. The molecular weight excluding hydrogens is 543 g/mol. The van der Waals surface area contributed by atoms with E-state index in [1.807, 2.05) is 13.0 Å². The Bertz CT molecular complexity index is 1700. The van der Waals surface area contributed by atoms with Crippen molar-refractivity contribution in [3.63, 3.8) is 0 Å². The van der Waals surface area contributed by atoms with Gasteiger partial charge < -0.3 is 14.6 Å². The highest BCUT2D eigenvalue weighted by Gasteiger charge is 2.48. The summed E-state index contributed by atoms with van der Waals surface area (Å²) in [6.07, 6.45) is 3.70. The van der Waals surface area contributed by atoms with Crippen LogP contribution in [0.2, 0.25) is 0 Å². The summed E-state index contributed by atoms with van der Waals surface area (Å²) in [7, 11) is 0. The number of unbranched alkanes of at least 4 members (excludes halogenated alkanes) is 2. The molecule has 2 unspecified atom stereocenters. The van der Waals surface area contributed by atoms with E-state index < -0.39 is 23.5 Å². The van der Waals surface area contributed by atoms with Gasteiger partial charge in [-0.1, -0.05) is 43.2 Å². The highest BCUT2D eigenvalue weighted by molar-refractivity contribution is 7.22. The van der Waals surface area contributed by atoms with Crippen molar-refractivity contribution in [1.82, 2.24) is 4.98 Å². The Labute approximate surface area is 240 Å². The summed E-state index contributed by atoms with van der Waals surface area (Å²) in [6, 6.07) is 15.7. The van der Waals surface area contributed by atoms with Crippen LogP contribution >= 0.6 is 11.3 Å². The topological polar surface area (TPSA) is 89.0 Å². The average Bonchev–Trinajstić information content (AvgIpc) is 3.62. The number of nitrogens with zero attached hydrogens (tertiary/aromatic N) is 2. The third kappa shape index (κ3) is 5.06. The smallest absolute Gasteiger partial charge is 0.301 e. The van der Waals surface area contributed by atoms with E-state index in [2.05, 4.69) is 11.9 Å². The van der Waals surface area contributed by atoms with Crippen LogP contribution in [0.5, 0.6) is 11.5 Å². The van der Waals surface area contributed by atoms with Crippen LogP contribution in [0.1, 0.15) is 55.8 Å². The van der Waals surface area contributed by atoms with Crippen molar-refractivity contribution < 1.29 is 28.6 Å². The van der Waals surface area contributed by atoms with E-state index in [9.17, 15) is 19.1 Å². The zero-order valence-electron chi connectivity index (χ0n) is 22.7. The number of rotatable bonds is 8. The Morgan fingerprint density at radius 1 is 1.15 bits per heavy atom. The molecule has 0 saturated carbocycles. The minimum absolute atomic E-state index is 0.0110. The number of thiazole rings is 1. The number of fused-ring (bicyclic) bond motifs is 2. The summed E-state index contributed by atoms with van der Waals surface area (Å²) in [4.78, 5) is 33.1. The lowest BCUT2D eigenvalue weighted by atomic mass is 9.94. The number of benzene rings is 3. The quantitative estimate of drug-likeness (QED) is 0.106. The number of aromatic nitrogens is 1. The van der Waals surface area contributed by atoms with Crippen LogP contribution in [0.15, 0.2) is 66.2 Å². The van der Waals surface area contributed by atoms with Crippen molar-refractivity contribution in [2.24, 2.45) is 0 Å². The van der Waals surface area contributed by atoms with Gasteiger partial charge in [-0.3, -0.25) is 14.5 Å². The standard InChI is InChI=1S/C32H29FN2O5S/c1-3-4-5-13-39-23-8-6-7-19(16-23)28-27(29(36)20-9-12-25-21(15-20)14-18(2)40-25)30(37)31(38)35(28)32-34-24-11-10-22(33)17-26(24)41-32/h6-12,15-18,28,36H,3-5,13-14H2,1-2H3/b29-27-. The molecule has 0 bridgehead atoms. The summed E-state index contributed by atoms with van der Waals surface area (Å²) in [5.74, 6) is -1.01. The van der Waals surface area contributed by atoms with Gasteiger partial charge in [0.1, 0.15) is 29.2 Å². The first-order valence-electron chi connectivity index (χ1n) is 13.7. The Balaban J connectivity index is 1.47. The van der Waals surface area contributed by atoms with E-state index in [-0.39, 0.29) is 22.6 Å². The van der Waals surface area contributed by atoms with E-state index in [1.165, 1.54) is 23.1 Å². The maximum atomic E-state index is 14.0. The molecule has 0 aliphatic carbocycles. The number of ketones is 1.